The zero-order valence-electron chi connectivity index (χ0n) is 7.31. The third-order valence-electron chi connectivity index (χ3n) is 1.85. The average molecular weight is 188 g/mol. The number of thiol groups is 1. The Kier molecular flexibility index (Phi) is 2.32. The molecule has 1 heterocycles. The first-order valence-corrected chi connectivity index (χ1v) is 4.26. The van der Waals surface area contributed by atoms with E-state index in [9.17, 15) is 9.59 Å². The number of hydrogen-bond acceptors (Lipinski definition) is 3. The van der Waals surface area contributed by atoms with Crippen molar-refractivity contribution in [1.29, 1.82) is 0 Å². The zero-order valence-corrected chi connectivity index (χ0v) is 8.21. The highest BCUT2D eigenvalue weighted by Gasteiger charge is 2.42. The van der Waals surface area contributed by atoms with Crippen LogP contribution in [0.15, 0.2) is 0 Å². The fraction of sp³-hybridized carbons (Fsp3) is 0.714. The summed E-state index contributed by atoms with van der Waals surface area (Å²) in [6.45, 7) is 3.60. The van der Waals surface area contributed by atoms with Crippen LogP contribution in [0.4, 0.5) is 4.79 Å². The molecule has 1 rings (SSSR count). The first-order chi connectivity index (χ1) is 5.46. The number of amides is 3. The molecule has 0 bridgehead atoms. The molecule has 4 nitrogen and oxygen atoms in total. The van der Waals surface area contributed by atoms with Gasteiger partial charge < -0.3 is 4.90 Å². The maximum absolute atomic E-state index is 11.4. The Morgan fingerprint density at radius 1 is 1.42 bits per heavy atom. The Labute approximate surface area is 76.9 Å². The molecule has 1 fully saturated rings. The van der Waals surface area contributed by atoms with Gasteiger partial charge in [-0.3, -0.25) is 9.69 Å². The van der Waals surface area contributed by atoms with Gasteiger partial charge in [0, 0.05) is 13.1 Å². The molecule has 5 heteroatoms. The van der Waals surface area contributed by atoms with Crippen LogP contribution in [0.2, 0.25) is 0 Å². The Morgan fingerprint density at radius 3 is 2.08 bits per heavy atom. The molecule has 0 N–H and O–H groups in total. The van der Waals surface area contributed by atoms with Crippen molar-refractivity contribution in [2.24, 2.45) is 0 Å². The van der Waals surface area contributed by atoms with Crippen molar-refractivity contribution >= 4 is 24.6 Å². The van der Waals surface area contributed by atoms with Gasteiger partial charge in [0.2, 0.25) is 0 Å². The molecule has 0 radical (unpaired) electrons. The second-order valence-electron chi connectivity index (χ2n) is 3.07. The van der Waals surface area contributed by atoms with Gasteiger partial charge in [-0.2, -0.15) is 0 Å². The second kappa shape index (κ2) is 2.97. The van der Waals surface area contributed by atoms with Crippen LogP contribution in [-0.2, 0) is 4.79 Å². The van der Waals surface area contributed by atoms with Gasteiger partial charge in [-0.25, -0.2) is 4.79 Å². The molecule has 1 unspecified atom stereocenters. The van der Waals surface area contributed by atoms with E-state index < -0.39 is 5.37 Å². The van der Waals surface area contributed by atoms with Gasteiger partial charge in [0.1, 0.15) is 0 Å². The van der Waals surface area contributed by atoms with Crippen LogP contribution >= 0.6 is 12.6 Å². The molecular weight excluding hydrogens is 176 g/mol. The van der Waals surface area contributed by atoms with E-state index in [-0.39, 0.29) is 18.0 Å². The zero-order chi connectivity index (χ0) is 9.46. The Hall–Kier alpha value is -0.710. The summed E-state index contributed by atoms with van der Waals surface area (Å²) in [6.07, 6.45) is 0. The smallest absolute Gasteiger partial charge is 0.306 e. The van der Waals surface area contributed by atoms with Gasteiger partial charge in [0.15, 0.2) is 5.37 Å². The predicted octanol–water partition coefficient (Wildman–Crippen LogP) is 0.545. The molecule has 1 atom stereocenters. The van der Waals surface area contributed by atoms with E-state index in [1.807, 2.05) is 0 Å². The van der Waals surface area contributed by atoms with Crippen molar-refractivity contribution in [3.8, 4) is 0 Å². The summed E-state index contributed by atoms with van der Waals surface area (Å²) in [5.41, 5.74) is 0. The van der Waals surface area contributed by atoms with Crippen LogP contribution in [0.1, 0.15) is 13.8 Å². The van der Waals surface area contributed by atoms with Gasteiger partial charge in [0.25, 0.3) is 5.91 Å². The van der Waals surface area contributed by atoms with E-state index in [0.29, 0.717) is 0 Å². The lowest BCUT2D eigenvalue weighted by Crippen LogP contribution is -2.37. The average Bonchev–Trinajstić information content (AvgIpc) is 2.16. The van der Waals surface area contributed by atoms with E-state index in [0.717, 1.165) is 0 Å². The largest absolute Gasteiger partial charge is 0.328 e. The summed E-state index contributed by atoms with van der Waals surface area (Å²) in [5, 5.41) is -0.611. The molecule has 0 aromatic heterocycles. The lowest BCUT2D eigenvalue weighted by Gasteiger charge is -2.17. The number of urea groups is 1. The van der Waals surface area contributed by atoms with Crippen molar-refractivity contribution in [1.82, 2.24) is 9.80 Å². The van der Waals surface area contributed by atoms with Crippen molar-refractivity contribution in [3.63, 3.8) is 0 Å². The van der Waals surface area contributed by atoms with Gasteiger partial charge in [-0.15, -0.1) is 12.6 Å². The SMILES string of the molecule is CC(C)N1C(=O)C(S)N(C)C1=O. The Morgan fingerprint density at radius 2 is 1.92 bits per heavy atom. The molecule has 0 aromatic carbocycles. The van der Waals surface area contributed by atoms with E-state index >= 15 is 0 Å². The third-order valence-corrected chi connectivity index (χ3v) is 2.42. The first kappa shape index (κ1) is 9.38. The van der Waals surface area contributed by atoms with Crippen LogP contribution in [0.5, 0.6) is 0 Å². The van der Waals surface area contributed by atoms with Crippen LogP contribution < -0.4 is 0 Å². The molecule has 0 saturated carbocycles. The molecule has 12 heavy (non-hydrogen) atoms. The van der Waals surface area contributed by atoms with Crippen molar-refractivity contribution in [3.05, 3.63) is 0 Å². The minimum atomic E-state index is -0.611. The molecule has 68 valence electrons. The van der Waals surface area contributed by atoms with Crippen LogP contribution in [-0.4, -0.2) is 40.2 Å². The molecule has 1 aliphatic rings. The standard InChI is InChI=1S/C7H12N2O2S/c1-4(2)9-5(10)6(12)8(3)7(9)11/h4,6,12H,1-3H3. The molecular formula is C7H12N2O2S. The van der Waals surface area contributed by atoms with Gasteiger partial charge in [-0.1, -0.05) is 0 Å². The Balaban J connectivity index is 2.91. The summed E-state index contributed by atoms with van der Waals surface area (Å²) < 4.78 is 0. The van der Waals surface area contributed by atoms with Crippen molar-refractivity contribution in [2.45, 2.75) is 25.3 Å². The summed E-state index contributed by atoms with van der Waals surface area (Å²) in [5.74, 6) is -0.235. The maximum Gasteiger partial charge on any atom is 0.328 e. The minimum Gasteiger partial charge on any atom is -0.306 e. The number of imide groups is 1. The molecule has 0 aromatic rings. The van der Waals surface area contributed by atoms with E-state index in [1.54, 1.807) is 20.9 Å². The highest BCUT2D eigenvalue weighted by Crippen LogP contribution is 2.20. The molecule has 1 saturated heterocycles. The monoisotopic (exact) mass is 188 g/mol. The first-order valence-electron chi connectivity index (χ1n) is 3.74. The van der Waals surface area contributed by atoms with Crippen LogP contribution in [0.3, 0.4) is 0 Å². The van der Waals surface area contributed by atoms with Gasteiger partial charge >= 0.3 is 6.03 Å². The number of likely N-dealkylation sites (N-methyl/N-ethyl adjacent to an activating group) is 1. The third kappa shape index (κ3) is 1.18. The molecule has 1 aliphatic heterocycles. The second-order valence-corrected chi connectivity index (χ2v) is 3.56. The topological polar surface area (TPSA) is 40.6 Å². The molecule has 0 aliphatic carbocycles. The maximum atomic E-state index is 11.4. The van der Waals surface area contributed by atoms with E-state index in [1.165, 1.54) is 9.80 Å². The number of hydrogen-bond donors (Lipinski definition) is 1. The normalized spacial score (nSPS) is 24.6. The minimum absolute atomic E-state index is 0.0930. The number of rotatable bonds is 1. The molecule has 0 spiro atoms. The fourth-order valence-electron chi connectivity index (χ4n) is 1.13. The quantitative estimate of drug-likeness (QED) is 0.482. The van der Waals surface area contributed by atoms with Crippen molar-refractivity contribution in [2.75, 3.05) is 7.05 Å². The number of carbonyl (C=O) groups excluding carboxylic acids is 2. The highest BCUT2D eigenvalue weighted by molar-refractivity contribution is 7.81. The van der Waals surface area contributed by atoms with Crippen LogP contribution in [0, 0.1) is 0 Å². The lowest BCUT2D eigenvalue weighted by atomic mass is 10.3. The lowest BCUT2D eigenvalue weighted by molar-refractivity contribution is -0.127. The van der Waals surface area contributed by atoms with E-state index in [4.69, 9.17) is 0 Å². The number of nitrogens with zero attached hydrogens (tertiary/aromatic N) is 2. The summed E-state index contributed by atoms with van der Waals surface area (Å²) in [4.78, 5) is 25.2. The molecule has 3 amide bonds. The summed E-state index contributed by atoms with van der Waals surface area (Å²) >= 11 is 4.01. The van der Waals surface area contributed by atoms with Gasteiger partial charge in [0.05, 0.1) is 0 Å². The van der Waals surface area contributed by atoms with Crippen molar-refractivity contribution < 1.29 is 9.59 Å². The summed E-state index contributed by atoms with van der Waals surface area (Å²) in [7, 11) is 1.57. The highest BCUT2D eigenvalue weighted by atomic mass is 32.1. The van der Waals surface area contributed by atoms with Crippen LogP contribution in [0.25, 0.3) is 0 Å². The fourth-order valence-corrected chi connectivity index (χ4v) is 1.36. The van der Waals surface area contributed by atoms with E-state index in [2.05, 4.69) is 12.6 Å². The Bertz CT molecular complexity index is 209. The predicted molar refractivity (Wildman–Crippen MR) is 47.9 cm³/mol. The summed E-state index contributed by atoms with van der Waals surface area (Å²) in [6, 6.07) is -0.361. The van der Waals surface area contributed by atoms with Gasteiger partial charge in [-0.05, 0) is 13.8 Å². The number of carbonyl (C=O) groups is 2.